The Morgan fingerprint density at radius 2 is 1.72 bits per heavy atom. The minimum atomic E-state index is -0.603. The van der Waals surface area contributed by atoms with E-state index >= 15 is 0 Å². The monoisotopic (exact) mass is 278 g/mol. The van der Waals surface area contributed by atoms with Crippen molar-refractivity contribution in [2.45, 2.75) is 6.04 Å². The molecule has 0 aromatic heterocycles. The molecule has 1 aliphatic heterocycles. The largest absolute Gasteiger partial charge is 0.394 e. The molecular weight excluding hydrogens is 262 g/mol. The molecule has 1 fully saturated rings. The third-order valence-corrected chi connectivity index (χ3v) is 3.03. The number of hydrogen-bond acceptors (Lipinski definition) is 3. The molecule has 0 saturated carbocycles. The zero-order chi connectivity index (χ0) is 12.3. The summed E-state index contributed by atoms with van der Waals surface area (Å²) in [6, 6.07) is 3.08. The molecule has 1 heterocycles. The van der Waals surface area contributed by atoms with E-state index in [4.69, 9.17) is 0 Å². The maximum Gasteiger partial charge on any atom is 0.126 e. The van der Waals surface area contributed by atoms with Crippen LogP contribution in [0.4, 0.5) is 8.78 Å². The van der Waals surface area contributed by atoms with E-state index in [1.165, 1.54) is 12.1 Å². The molecule has 0 aliphatic carbocycles. The molecule has 0 spiro atoms. The van der Waals surface area contributed by atoms with Crippen LogP contribution in [0.2, 0.25) is 0 Å². The van der Waals surface area contributed by atoms with Gasteiger partial charge in [-0.25, -0.2) is 8.78 Å². The van der Waals surface area contributed by atoms with Crippen molar-refractivity contribution < 1.29 is 13.9 Å². The minimum absolute atomic E-state index is 0. The van der Waals surface area contributed by atoms with Crippen molar-refractivity contribution in [3.63, 3.8) is 0 Å². The van der Waals surface area contributed by atoms with Crippen LogP contribution in [-0.4, -0.2) is 42.8 Å². The molecule has 18 heavy (non-hydrogen) atoms. The predicted molar refractivity (Wildman–Crippen MR) is 67.9 cm³/mol. The molecular formula is C12H17ClF2N2O. The fourth-order valence-corrected chi connectivity index (χ4v) is 2.19. The number of rotatable bonds is 3. The van der Waals surface area contributed by atoms with Crippen molar-refractivity contribution >= 4 is 12.4 Å². The van der Waals surface area contributed by atoms with Crippen LogP contribution in [0.25, 0.3) is 0 Å². The van der Waals surface area contributed by atoms with Crippen LogP contribution in [0.1, 0.15) is 11.6 Å². The van der Waals surface area contributed by atoms with Crippen molar-refractivity contribution in [1.29, 1.82) is 0 Å². The van der Waals surface area contributed by atoms with Gasteiger partial charge in [-0.2, -0.15) is 0 Å². The van der Waals surface area contributed by atoms with Gasteiger partial charge in [0.15, 0.2) is 0 Å². The summed E-state index contributed by atoms with van der Waals surface area (Å²) in [5, 5.41) is 12.6. The normalized spacial score (nSPS) is 18.2. The van der Waals surface area contributed by atoms with Crippen LogP contribution in [0.3, 0.4) is 0 Å². The summed E-state index contributed by atoms with van der Waals surface area (Å²) in [5.41, 5.74) is 0.493. The first-order valence-corrected chi connectivity index (χ1v) is 5.72. The summed E-state index contributed by atoms with van der Waals surface area (Å²) in [6.45, 7) is 3.05. The molecule has 1 saturated heterocycles. The second-order valence-electron chi connectivity index (χ2n) is 4.19. The maximum atomic E-state index is 13.1. The van der Waals surface area contributed by atoms with Gasteiger partial charge in [-0.1, -0.05) is 0 Å². The second kappa shape index (κ2) is 6.99. The third-order valence-electron chi connectivity index (χ3n) is 3.03. The van der Waals surface area contributed by atoms with E-state index in [1.807, 2.05) is 4.90 Å². The summed E-state index contributed by atoms with van der Waals surface area (Å²) in [4.78, 5) is 2.03. The SMILES string of the molecule is Cl.OC[C@@H](c1cc(F)cc(F)c1)N1CCNCC1. The summed E-state index contributed by atoms with van der Waals surface area (Å²) < 4.78 is 26.3. The van der Waals surface area contributed by atoms with Crippen molar-refractivity contribution in [3.8, 4) is 0 Å². The summed E-state index contributed by atoms with van der Waals surface area (Å²) >= 11 is 0. The van der Waals surface area contributed by atoms with Gasteiger partial charge in [-0.3, -0.25) is 4.90 Å². The van der Waals surface area contributed by atoms with Crippen molar-refractivity contribution in [3.05, 3.63) is 35.4 Å². The van der Waals surface area contributed by atoms with Crippen LogP contribution >= 0.6 is 12.4 Å². The topological polar surface area (TPSA) is 35.5 Å². The highest BCUT2D eigenvalue weighted by molar-refractivity contribution is 5.85. The molecule has 0 unspecified atom stereocenters. The zero-order valence-electron chi connectivity index (χ0n) is 9.90. The van der Waals surface area contributed by atoms with Crippen LogP contribution in [0.15, 0.2) is 18.2 Å². The van der Waals surface area contributed by atoms with E-state index in [2.05, 4.69) is 5.32 Å². The molecule has 1 atom stereocenters. The van der Waals surface area contributed by atoms with Crippen LogP contribution in [-0.2, 0) is 0 Å². The van der Waals surface area contributed by atoms with Gasteiger partial charge in [0.05, 0.1) is 12.6 Å². The lowest BCUT2D eigenvalue weighted by molar-refractivity contribution is 0.110. The highest BCUT2D eigenvalue weighted by Gasteiger charge is 2.22. The fourth-order valence-electron chi connectivity index (χ4n) is 2.19. The van der Waals surface area contributed by atoms with Gasteiger partial charge >= 0.3 is 0 Å². The zero-order valence-corrected chi connectivity index (χ0v) is 10.7. The van der Waals surface area contributed by atoms with Gasteiger partial charge in [0, 0.05) is 32.2 Å². The molecule has 2 rings (SSSR count). The van der Waals surface area contributed by atoms with Crippen molar-refractivity contribution in [2.75, 3.05) is 32.8 Å². The van der Waals surface area contributed by atoms with Crippen molar-refractivity contribution in [2.24, 2.45) is 0 Å². The second-order valence-corrected chi connectivity index (χ2v) is 4.19. The Morgan fingerprint density at radius 1 is 1.17 bits per heavy atom. The van der Waals surface area contributed by atoms with Gasteiger partial charge in [-0.05, 0) is 17.7 Å². The number of nitrogens with one attached hydrogen (secondary N) is 1. The summed E-state index contributed by atoms with van der Waals surface area (Å²) in [5.74, 6) is -1.21. The van der Waals surface area contributed by atoms with Gasteiger partial charge in [0.25, 0.3) is 0 Å². The highest BCUT2D eigenvalue weighted by Crippen LogP contribution is 2.22. The van der Waals surface area contributed by atoms with E-state index in [0.29, 0.717) is 5.56 Å². The summed E-state index contributed by atoms with van der Waals surface area (Å²) in [6.07, 6.45) is 0. The first-order chi connectivity index (χ1) is 8.20. The molecule has 6 heteroatoms. The van der Waals surface area contributed by atoms with Gasteiger partial charge < -0.3 is 10.4 Å². The lowest BCUT2D eigenvalue weighted by atomic mass is 10.0. The van der Waals surface area contributed by atoms with Gasteiger partial charge in [0.1, 0.15) is 11.6 Å². The quantitative estimate of drug-likeness (QED) is 0.876. The van der Waals surface area contributed by atoms with E-state index < -0.39 is 11.6 Å². The predicted octanol–water partition coefficient (Wildman–Crippen LogP) is 1.33. The maximum absolute atomic E-state index is 13.1. The first kappa shape index (κ1) is 15.3. The number of piperazine rings is 1. The molecule has 0 amide bonds. The average Bonchev–Trinajstić information content (AvgIpc) is 2.30. The molecule has 2 N–H and O–H groups in total. The van der Waals surface area contributed by atoms with E-state index in [9.17, 15) is 13.9 Å². The smallest absolute Gasteiger partial charge is 0.126 e. The number of halogens is 3. The number of aliphatic hydroxyl groups is 1. The molecule has 1 aliphatic rings. The molecule has 102 valence electrons. The molecule has 1 aromatic carbocycles. The number of hydrogen-bond donors (Lipinski definition) is 2. The first-order valence-electron chi connectivity index (χ1n) is 5.72. The van der Waals surface area contributed by atoms with Crippen LogP contribution in [0.5, 0.6) is 0 Å². The molecule has 3 nitrogen and oxygen atoms in total. The van der Waals surface area contributed by atoms with E-state index in [0.717, 1.165) is 32.2 Å². The number of benzene rings is 1. The molecule has 0 bridgehead atoms. The minimum Gasteiger partial charge on any atom is -0.394 e. The Balaban J connectivity index is 0.00000162. The van der Waals surface area contributed by atoms with Gasteiger partial charge in [-0.15, -0.1) is 12.4 Å². The van der Waals surface area contributed by atoms with E-state index in [-0.39, 0.29) is 25.1 Å². The summed E-state index contributed by atoms with van der Waals surface area (Å²) in [7, 11) is 0. The lowest BCUT2D eigenvalue weighted by Gasteiger charge is -2.34. The Kier molecular flexibility index (Phi) is 5.95. The lowest BCUT2D eigenvalue weighted by Crippen LogP contribution is -2.46. The van der Waals surface area contributed by atoms with Crippen LogP contribution < -0.4 is 5.32 Å². The molecule has 0 radical (unpaired) electrons. The fraction of sp³-hybridized carbons (Fsp3) is 0.500. The highest BCUT2D eigenvalue weighted by atomic mass is 35.5. The van der Waals surface area contributed by atoms with E-state index in [1.54, 1.807) is 0 Å². The average molecular weight is 279 g/mol. The standard InChI is InChI=1S/C12H16F2N2O.ClH/c13-10-5-9(6-11(14)7-10)12(8-17)16-3-1-15-2-4-16;/h5-7,12,15,17H,1-4,8H2;1H/t12-;/m0./s1. The number of aliphatic hydroxyl groups excluding tert-OH is 1. The Hall–Kier alpha value is -0.750. The van der Waals surface area contributed by atoms with Crippen LogP contribution in [0, 0.1) is 11.6 Å². The number of nitrogens with zero attached hydrogens (tertiary/aromatic N) is 1. The Morgan fingerprint density at radius 3 is 2.22 bits per heavy atom. The Bertz CT molecular complexity index is 366. The molecule has 1 aromatic rings. The third kappa shape index (κ3) is 3.62. The van der Waals surface area contributed by atoms with Crippen molar-refractivity contribution in [1.82, 2.24) is 10.2 Å². The Labute approximate surface area is 111 Å². The van der Waals surface area contributed by atoms with Gasteiger partial charge in [0.2, 0.25) is 0 Å².